The number of carbonyl (C=O) groups excluding carboxylic acids is 1. The number of phenolic OH excluding ortho intramolecular Hbond substituents is 1. The first-order valence-corrected chi connectivity index (χ1v) is 6.40. The summed E-state index contributed by atoms with van der Waals surface area (Å²) in [6.45, 7) is 0. The van der Waals surface area contributed by atoms with E-state index in [-0.39, 0.29) is 16.3 Å². The number of carbonyl (C=O) groups is 1. The largest absolute Gasteiger partial charge is 0.507 e. The van der Waals surface area contributed by atoms with E-state index < -0.39 is 5.91 Å². The fraction of sp³-hybridized carbons (Fsp3) is 0.0714. The van der Waals surface area contributed by atoms with Gasteiger partial charge in [-0.25, -0.2) is 0 Å². The quantitative estimate of drug-likeness (QED) is 0.902. The molecule has 0 bridgehead atoms. The van der Waals surface area contributed by atoms with Crippen molar-refractivity contribution in [2.24, 2.45) is 0 Å². The number of hydrogen-bond acceptors (Lipinski definition) is 3. The van der Waals surface area contributed by atoms with Crippen molar-refractivity contribution in [2.45, 2.75) is 0 Å². The van der Waals surface area contributed by atoms with Crippen molar-refractivity contribution >= 4 is 34.8 Å². The van der Waals surface area contributed by atoms with Gasteiger partial charge in [-0.15, -0.1) is 0 Å². The zero-order chi connectivity index (χ0) is 14.7. The number of amides is 1. The number of methoxy groups -OCH3 is 1. The number of aromatic hydroxyl groups is 1. The summed E-state index contributed by atoms with van der Waals surface area (Å²) in [4.78, 5) is 12.1. The summed E-state index contributed by atoms with van der Waals surface area (Å²) in [6, 6.07) is 9.32. The van der Waals surface area contributed by atoms with Gasteiger partial charge in [0.1, 0.15) is 11.5 Å². The van der Waals surface area contributed by atoms with E-state index in [2.05, 4.69) is 5.32 Å². The van der Waals surface area contributed by atoms with Gasteiger partial charge in [0.2, 0.25) is 0 Å². The first-order valence-electron chi connectivity index (χ1n) is 5.64. The highest BCUT2D eigenvalue weighted by Crippen LogP contribution is 2.32. The van der Waals surface area contributed by atoms with Crippen LogP contribution in [0.4, 0.5) is 5.69 Å². The molecular weight excluding hydrogens is 301 g/mol. The lowest BCUT2D eigenvalue weighted by molar-refractivity contribution is 0.102. The van der Waals surface area contributed by atoms with Crippen LogP contribution in [0.15, 0.2) is 36.4 Å². The Morgan fingerprint density at radius 2 is 2.00 bits per heavy atom. The first kappa shape index (κ1) is 14.5. The number of anilines is 1. The normalized spacial score (nSPS) is 10.2. The topological polar surface area (TPSA) is 58.6 Å². The maximum atomic E-state index is 12.1. The van der Waals surface area contributed by atoms with Gasteiger partial charge < -0.3 is 15.2 Å². The Bertz CT molecular complexity index is 659. The van der Waals surface area contributed by atoms with Gasteiger partial charge in [0, 0.05) is 16.8 Å². The summed E-state index contributed by atoms with van der Waals surface area (Å²) in [5.74, 6) is -0.413. The van der Waals surface area contributed by atoms with Crippen LogP contribution in [0.5, 0.6) is 11.5 Å². The van der Waals surface area contributed by atoms with Crippen LogP contribution in [0.2, 0.25) is 10.0 Å². The van der Waals surface area contributed by atoms with Crippen LogP contribution in [0, 0.1) is 0 Å². The van der Waals surface area contributed by atoms with Gasteiger partial charge >= 0.3 is 0 Å². The molecule has 0 aliphatic rings. The molecule has 0 unspecified atom stereocenters. The molecule has 0 radical (unpaired) electrons. The number of hydrogen-bond donors (Lipinski definition) is 2. The average molecular weight is 312 g/mol. The number of ether oxygens (including phenoxy) is 1. The van der Waals surface area contributed by atoms with Crippen LogP contribution < -0.4 is 10.1 Å². The van der Waals surface area contributed by atoms with Crippen molar-refractivity contribution in [1.29, 1.82) is 0 Å². The molecule has 6 heteroatoms. The summed E-state index contributed by atoms with van der Waals surface area (Å²) in [7, 11) is 1.42. The number of benzene rings is 2. The summed E-state index contributed by atoms with van der Waals surface area (Å²) in [5.41, 5.74) is 0.574. The second-order valence-corrected chi connectivity index (χ2v) is 4.81. The standard InChI is InChI=1S/C14H11Cl2NO3/c1-20-13-7-12(18)10(6-11(13)16)14(19)17-9-4-2-3-8(15)5-9/h2-7,18H,1H3,(H,17,19). The molecule has 0 spiro atoms. The van der Waals surface area contributed by atoms with E-state index in [1.54, 1.807) is 24.3 Å². The maximum Gasteiger partial charge on any atom is 0.259 e. The van der Waals surface area contributed by atoms with Gasteiger partial charge in [-0.05, 0) is 24.3 Å². The zero-order valence-electron chi connectivity index (χ0n) is 10.5. The van der Waals surface area contributed by atoms with Crippen LogP contribution in [0.3, 0.4) is 0 Å². The van der Waals surface area contributed by atoms with E-state index in [1.807, 2.05) is 0 Å². The first-order chi connectivity index (χ1) is 9.51. The number of phenols is 1. The Labute approximate surface area is 125 Å². The van der Waals surface area contributed by atoms with Crippen molar-refractivity contribution in [1.82, 2.24) is 0 Å². The van der Waals surface area contributed by atoms with Crippen molar-refractivity contribution < 1.29 is 14.6 Å². The molecule has 0 fully saturated rings. The molecule has 0 aliphatic heterocycles. The van der Waals surface area contributed by atoms with Crippen molar-refractivity contribution in [3.8, 4) is 11.5 Å². The number of rotatable bonds is 3. The van der Waals surface area contributed by atoms with Crippen molar-refractivity contribution in [2.75, 3.05) is 12.4 Å². The van der Waals surface area contributed by atoms with E-state index in [4.69, 9.17) is 27.9 Å². The van der Waals surface area contributed by atoms with Crippen molar-refractivity contribution in [3.05, 3.63) is 52.0 Å². The molecule has 4 nitrogen and oxygen atoms in total. The Kier molecular flexibility index (Phi) is 4.37. The molecule has 2 N–H and O–H groups in total. The van der Waals surface area contributed by atoms with Crippen LogP contribution in [0.25, 0.3) is 0 Å². The lowest BCUT2D eigenvalue weighted by Gasteiger charge is -2.10. The van der Waals surface area contributed by atoms with Gasteiger partial charge in [-0.2, -0.15) is 0 Å². The average Bonchev–Trinajstić information content (AvgIpc) is 2.40. The maximum absolute atomic E-state index is 12.1. The van der Waals surface area contributed by atoms with Crippen molar-refractivity contribution in [3.63, 3.8) is 0 Å². The second-order valence-electron chi connectivity index (χ2n) is 3.97. The summed E-state index contributed by atoms with van der Waals surface area (Å²) >= 11 is 11.8. The molecule has 2 aromatic rings. The number of nitrogens with one attached hydrogen (secondary N) is 1. The molecule has 0 saturated heterocycles. The second kappa shape index (κ2) is 6.03. The van der Waals surface area contributed by atoms with Crippen LogP contribution in [-0.2, 0) is 0 Å². The summed E-state index contributed by atoms with van der Waals surface area (Å²) in [6.07, 6.45) is 0. The van der Waals surface area contributed by atoms with E-state index >= 15 is 0 Å². The van der Waals surface area contributed by atoms with Crippen LogP contribution in [-0.4, -0.2) is 18.1 Å². The van der Waals surface area contributed by atoms with Crippen LogP contribution in [0.1, 0.15) is 10.4 Å². The number of halogens is 2. The van der Waals surface area contributed by atoms with Gasteiger partial charge in [-0.3, -0.25) is 4.79 Å². The molecule has 0 aliphatic carbocycles. The minimum absolute atomic E-state index is 0.0516. The van der Waals surface area contributed by atoms with E-state index in [9.17, 15) is 9.90 Å². The molecule has 20 heavy (non-hydrogen) atoms. The Hall–Kier alpha value is -1.91. The highest BCUT2D eigenvalue weighted by molar-refractivity contribution is 6.32. The van der Waals surface area contributed by atoms with Gasteiger partial charge in [0.15, 0.2) is 0 Å². The fourth-order valence-corrected chi connectivity index (χ4v) is 2.08. The summed E-state index contributed by atoms with van der Waals surface area (Å²) in [5, 5.41) is 13.2. The third-order valence-corrected chi connectivity index (χ3v) is 3.13. The third kappa shape index (κ3) is 3.15. The molecule has 0 atom stereocenters. The van der Waals surface area contributed by atoms with Gasteiger partial charge in [-0.1, -0.05) is 29.3 Å². The zero-order valence-corrected chi connectivity index (χ0v) is 12.0. The highest BCUT2D eigenvalue weighted by atomic mass is 35.5. The molecule has 1 amide bonds. The minimum Gasteiger partial charge on any atom is -0.507 e. The molecule has 0 aromatic heterocycles. The fourth-order valence-electron chi connectivity index (χ4n) is 1.65. The van der Waals surface area contributed by atoms with Gasteiger partial charge in [0.25, 0.3) is 5.91 Å². The monoisotopic (exact) mass is 311 g/mol. The Morgan fingerprint density at radius 1 is 1.25 bits per heavy atom. The minimum atomic E-state index is -0.491. The molecular formula is C14H11Cl2NO3. The molecule has 0 saturated carbocycles. The van der Waals surface area contributed by atoms with Crippen LogP contribution >= 0.6 is 23.2 Å². The molecule has 0 heterocycles. The predicted octanol–water partition coefficient (Wildman–Crippen LogP) is 3.96. The molecule has 2 rings (SSSR count). The van der Waals surface area contributed by atoms with Gasteiger partial charge in [0.05, 0.1) is 17.7 Å². The Balaban J connectivity index is 2.28. The summed E-state index contributed by atoms with van der Waals surface area (Å²) < 4.78 is 4.95. The Morgan fingerprint density at radius 3 is 2.65 bits per heavy atom. The lowest BCUT2D eigenvalue weighted by Crippen LogP contribution is -2.12. The predicted molar refractivity (Wildman–Crippen MR) is 79.1 cm³/mol. The highest BCUT2D eigenvalue weighted by Gasteiger charge is 2.15. The third-order valence-electron chi connectivity index (χ3n) is 2.60. The van der Waals surface area contributed by atoms with E-state index in [0.29, 0.717) is 16.5 Å². The smallest absolute Gasteiger partial charge is 0.259 e. The van der Waals surface area contributed by atoms with E-state index in [1.165, 1.54) is 19.2 Å². The molecule has 104 valence electrons. The molecule has 2 aromatic carbocycles. The van der Waals surface area contributed by atoms with E-state index in [0.717, 1.165) is 0 Å². The SMILES string of the molecule is COc1cc(O)c(C(=O)Nc2cccc(Cl)c2)cc1Cl. The lowest BCUT2D eigenvalue weighted by atomic mass is 10.1.